The third kappa shape index (κ3) is 2.90. The predicted octanol–water partition coefficient (Wildman–Crippen LogP) is 1.57. The van der Waals surface area contributed by atoms with E-state index in [1.807, 2.05) is 6.07 Å². The van der Waals surface area contributed by atoms with Crippen molar-refractivity contribution in [3.63, 3.8) is 0 Å². The molecule has 0 radical (unpaired) electrons. The standard InChI is InChI=1S/C16H19N3O4S/c1-9-14-12(6-13(11-2-3-11)18-16(14)23-19-9)15(20)17-7-10-4-5-24(21,22)8-10/h6,10-11H,2-5,7-8H2,1H3,(H,17,20)/t10-/m1/s1. The molecular formula is C16H19N3O4S. The number of amides is 1. The Morgan fingerprint density at radius 1 is 1.38 bits per heavy atom. The van der Waals surface area contributed by atoms with Crippen molar-refractivity contribution in [3.05, 3.63) is 23.0 Å². The fourth-order valence-corrected chi connectivity index (χ4v) is 5.11. The molecule has 1 aliphatic heterocycles. The topological polar surface area (TPSA) is 102 Å². The first-order valence-corrected chi connectivity index (χ1v) is 10.0. The minimum absolute atomic E-state index is 0.0113. The molecule has 2 aromatic heterocycles. The van der Waals surface area contributed by atoms with E-state index in [-0.39, 0.29) is 23.3 Å². The van der Waals surface area contributed by atoms with Crippen molar-refractivity contribution in [3.8, 4) is 0 Å². The highest BCUT2D eigenvalue weighted by Crippen LogP contribution is 2.40. The number of aromatic nitrogens is 2. The molecule has 1 aliphatic carbocycles. The molecule has 1 saturated heterocycles. The van der Waals surface area contributed by atoms with Crippen LogP contribution in [0.2, 0.25) is 0 Å². The molecule has 128 valence electrons. The zero-order chi connectivity index (χ0) is 16.9. The molecule has 2 aromatic rings. The van der Waals surface area contributed by atoms with Gasteiger partial charge < -0.3 is 9.84 Å². The van der Waals surface area contributed by atoms with Gasteiger partial charge in [0.1, 0.15) is 0 Å². The predicted molar refractivity (Wildman–Crippen MR) is 87.6 cm³/mol. The number of fused-ring (bicyclic) bond motifs is 1. The third-order valence-corrected chi connectivity index (χ3v) is 6.59. The Morgan fingerprint density at radius 3 is 2.83 bits per heavy atom. The minimum Gasteiger partial charge on any atom is -0.352 e. The summed E-state index contributed by atoms with van der Waals surface area (Å²) in [7, 11) is -2.94. The molecule has 8 heteroatoms. The number of sulfone groups is 1. The van der Waals surface area contributed by atoms with Gasteiger partial charge in [-0.05, 0) is 38.2 Å². The Balaban J connectivity index is 1.58. The Bertz CT molecular complexity index is 915. The number of aryl methyl sites for hydroxylation is 1. The molecule has 2 fully saturated rings. The number of rotatable bonds is 4. The zero-order valence-electron chi connectivity index (χ0n) is 13.4. The van der Waals surface area contributed by atoms with Crippen LogP contribution in [0.5, 0.6) is 0 Å². The summed E-state index contributed by atoms with van der Waals surface area (Å²) < 4.78 is 28.3. The molecular weight excluding hydrogens is 330 g/mol. The Kier molecular flexibility index (Phi) is 3.59. The number of carbonyl (C=O) groups is 1. The van der Waals surface area contributed by atoms with Crippen molar-refractivity contribution in [1.29, 1.82) is 0 Å². The van der Waals surface area contributed by atoms with Crippen LogP contribution in [0.25, 0.3) is 11.1 Å². The van der Waals surface area contributed by atoms with Crippen molar-refractivity contribution in [2.24, 2.45) is 5.92 Å². The lowest BCUT2D eigenvalue weighted by Crippen LogP contribution is -2.30. The van der Waals surface area contributed by atoms with Gasteiger partial charge in [0, 0.05) is 18.2 Å². The lowest BCUT2D eigenvalue weighted by atomic mass is 10.1. The van der Waals surface area contributed by atoms with Crippen molar-refractivity contribution < 1.29 is 17.7 Å². The second kappa shape index (κ2) is 5.54. The maximum atomic E-state index is 12.7. The molecule has 4 rings (SSSR count). The number of carbonyl (C=O) groups excluding carboxylic acids is 1. The largest absolute Gasteiger partial charge is 0.352 e. The maximum Gasteiger partial charge on any atom is 0.259 e. The van der Waals surface area contributed by atoms with Crippen LogP contribution in [0.4, 0.5) is 0 Å². The molecule has 0 unspecified atom stereocenters. The van der Waals surface area contributed by atoms with Gasteiger partial charge in [0.15, 0.2) is 9.84 Å². The van der Waals surface area contributed by atoms with Crippen LogP contribution in [0.15, 0.2) is 10.6 Å². The maximum absolute atomic E-state index is 12.7. The van der Waals surface area contributed by atoms with Crippen LogP contribution in [0, 0.1) is 12.8 Å². The fourth-order valence-electron chi connectivity index (χ4n) is 3.25. The van der Waals surface area contributed by atoms with E-state index < -0.39 is 9.84 Å². The Hall–Kier alpha value is -1.96. The monoisotopic (exact) mass is 349 g/mol. The molecule has 1 atom stereocenters. The molecule has 1 N–H and O–H groups in total. The van der Waals surface area contributed by atoms with Gasteiger partial charge in [0.2, 0.25) is 0 Å². The SMILES string of the molecule is Cc1noc2nc(C3CC3)cc(C(=O)NC[C@H]3CCS(=O)(=O)C3)c12. The van der Waals surface area contributed by atoms with Gasteiger partial charge in [-0.2, -0.15) is 0 Å². The smallest absolute Gasteiger partial charge is 0.259 e. The van der Waals surface area contributed by atoms with E-state index in [0.717, 1.165) is 18.5 Å². The first kappa shape index (κ1) is 15.6. The van der Waals surface area contributed by atoms with E-state index in [9.17, 15) is 13.2 Å². The molecule has 2 aliphatic rings. The molecule has 0 spiro atoms. The first-order chi connectivity index (χ1) is 11.4. The van der Waals surface area contributed by atoms with Crippen LogP contribution in [-0.4, -0.2) is 42.5 Å². The summed E-state index contributed by atoms with van der Waals surface area (Å²) in [5.74, 6) is 0.524. The van der Waals surface area contributed by atoms with Crippen molar-refractivity contribution in [2.75, 3.05) is 18.1 Å². The van der Waals surface area contributed by atoms with Crippen molar-refractivity contribution in [2.45, 2.75) is 32.1 Å². The van der Waals surface area contributed by atoms with Crippen LogP contribution in [-0.2, 0) is 9.84 Å². The number of nitrogens with zero attached hydrogens (tertiary/aromatic N) is 2. The highest BCUT2D eigenvalue weighted by atomic mass is 32.2. The summed E-state index contributed by atoms with van der Waals surface area (Å²) in [6.45, 7) is 2.15. The van der Waals surface area contributed by atoms with E-state index in [1.165, 1.54) is 0 Å². The second-order valence-corrected chi connectivity index (χ2v) is 9.02. The average Bonchev–Trinajstić information content (AvgIpc) is 3.25. The summed E-state index contributed by atoms with van der Waals surface area (Å²) in [4.78, 5) is 17.1. The zero-order valence-corrected chi connectivity index (χ0v) is 14.2. The summed E-state index contributed by atoms with van der Waals surface area (Å²) >= 11 is 0. The van der Waals surface area contributed by atoms with Gasteiger partial charge in [-0.1, -0.05) is 5.16 Å². The Labute approximate surface area is 139 Å². The number of pyridine rings is 1. The number of nitrogens with one attached hydrogen (secondary N) is 1. The minimum atomic E-state index is -2.94. The van der Waals surface area contributed by atoms with Gasteiger partial charge >= 0.3 is 0 Å². The molecule has 0 bridgehead atoms. The molecule has 24 heavy (non-hydrogen) atoms. The lowest BCUT2D eigenvalue weighted by molar-refractivity contribution is 0.0950. The Morgan fingerprint density at radius 2 is 2.17 bits per heavy atom. The van der Waals surface area contributed by atoms with Crippen LogP contribution < -0.4 is 5.32 Å². The summed E-state index contributed by atoms with van der Waals surface area (Å²) in [6, 6.07) is 1.82. The normalized spacial score (nSPS) is 22.8. The van der Waals surface area contributed by atoms with E-state index in [1.54, 1.807) is 6.92 Å². The molecule has 1 amide bonds. The fraction of sp³-hybridized carbons (Fsp3) is 0.562. The van der Waals surface area contributed by atoms with Crippen LogP contribution >= 0.6 is 0 Å². The van der Waals surface area contributed by atoms with Crippen LogP contribution in [0.3, 0.4) is 0 Å². The van der Waals surface area contributed by atoms with Gasteiger partial charge in [0.05, 0.1) is 28.1 Å². The highest BCUT2D eigenvalue weighted by molar-refractivity contribution is 7.91. The van der Waals surface area contributed by atoms with E-state index in [2.05, 4.69) is 15.5 Å². The summed E-state index contributed by atoms with van der Waals surface area (Å²) in [5, 5.41) is 7.43. The molecule has 7 nitrogen and oxygen atoms in total. The molecule has 1 saturated carbocycles. The quantitative estimate of drug-likeness (QED) is 0.899. The van der Waals surface area contributed by atoms with Gasteiger partial charge in [-0.15, -0.1) is 0 Å². The summed E-state index contributed by atoms with van der Waals surface area (Å²) in [5.41, 5.74) is 2.41. The van der Waals surface area contributed by atoms with Gasteiger partial charge in [0.25, 0.3) is 11.6 Å². The van der Waals surface area contributed by atoms with E-state index >= 15 is 0 Å². The number of hydrogen-bond acceptors (Lipinski definition) is 6. The van der Waals surface area contributed by atoms with Gasteiger partial charge in [-0.3, -0.25) is 4.79 Å². The average molecular weight is 349 g/mol. The number of hydrogen-bond donors (Lipinski definition) is 1. The van der Waals surface area contributed by atoms with Gasteiger partial charge in [-0.25, -0.2) is 13.4 Å². The van der Waals surface area contributed by atoms with Crippen molar-refractivity contribution in [1.82, 2.24) is 15.5 Å². The highest BCUT2D eigenvalue weighted by Gasteiger charge is 2.30. The summed E-state index contributed by atoms with van der Waals surface area (Å²) in [6.07, 6.45) is 2.76. The van der Waals surface area contributed by atoms with Crippen LogP contribution in [0.1, 0.15) is 46.9 Å². The van der Waals surface area contributed by atoms with E-state index in [0.29, 0.717) is 41.2 Å². The molecule has 3 heterocycles. The second-order valence-electron chi connectivity index (χ2n) is 6.80. The van der Waals surface area contributed by atoms with E-state index in [4.69, 9.17) is 4.52 Å². The first-order valence-electron chi connectivity index (χ1n) is 8.18. The third-order valence-electron chi connectivity index (χ3n) is 4.76. The lowest BCUT2D eigenvalue weighted by Gasteiger charge is -2.11. The molecule has 0 aromatic carbocycles. The van der Waals surface area contributed by atoms with Crippen molar-refractivity contribution >= 4 is 26.8 Å².